The zero-order valence-corrected chi connectivity index (χ0v) is 14.6. The number of carboxylic acid groups (broad SMARTS) is 2. The molecule has 0 aliphatic rings. The molecule has 0 bridgehead atoms. The number of unbranched alkanes of at least 4 members (excludes halogenated alkanes) is 8. The minimum Gasteiger partial charge on any atom is -0.481 e. The number of rotatable bonds is 12. The number of hydrogen-bond acceptors (Lipinski definition) is 2. The van der Waals surface area contributed by atoms with Crippen molar-refractivity contribution in [3.05, 3.63) is 0 Å². The van der Waals surface area contributed by atoms with Crippen LogP contribution in [0.5, 0.6) is 0 Å². The van der Waals surface area contributed by atoms with Crippen molar-refractivity contribution in [1.29, 1.82) is 0 Å². The van der Waals surface area contributed by atoms with Gasteiger partial charge in [-0.3, -0.25) is 9.59 Å². The van der Waals surface area contributed by atoms with Gasteiger partial charge in [0.05, 0.1) is 0 Å². The van der Waals surface area contributed by atoms with Crippen molar-refractivity contribution in [3.8, 4) is 0 Å². The largest absolute Gasteiger partial charge is 0.481 e. The molecule has 0 unspecified atom stereocenters. The van der Waals surface area contributed by atoms with Crippen LogP contribution in [0.3, 0.4) is 0 Å². The van der Waals surface area contributed by atoms with E-state index in [1.807, 2.05) is 0 Å². The maximum Gasteiger partial charge on any atom is 0.303 e. The molecule has 0 saturated heterocycles. The maximum atomic E-state index is 10.0. The van der Waals surface area contributed by atoms with Crippen molar-refractivity contribution >= 4 is 11.9 Å². The number of carboxylic acids is 2. The summed E-state index contributed by atoms with van der Waals surface area (Å²) < 4.78 is 0. The Kier molecular flexibility index (Phi) is 26.3. The average Bonchev–Trinajstić information content (AvgIpc) is 2.38. The smallest absolute Gasteiger partial charge is 0.303 e. The third-order valence-corrected chi connectivity index (χ3v) is 2.99. The fourth-order valence-electron chi connectivity index (χ4n) is 1.76. The molecule has 0 aliphatic heterocycles. The molecule has 5 heteroatoms. The van der Waals surface area contributed by atoms with Crippen molar-refractivity contribution in [2.24, 2.45) is 0 Å². The normalized spacial score (nSPS) is 9.24. The van der Waals surface area contributed by atoms with Crippen LogP contribution < -0.4 is 0 Å². The summed E-state index contributed by atoms with van der Waals surface area (Å²) >= 11 is 0. The molecule has 0 aromatic rings. The summed E-state index contributed by atoms with van der Waals surface area (Å²) in [6.07, 6.45) is 11.8. The molecule has 0 spiro atoms. The predicted octanol–water partition coefficient (Wildman–Crippen LogP) is 4.86. The van der Waals surface area contributed by atoms with Gasteiger partial charge in [-0.25, -0.2) is 0 Å². The molecule has 0 rings (SSSR count). The van der Waals surface area contributed by atoms with Gasteiger partial charge in [-0.1, -0.05) is 65.2 Å². The van der Waals surface area contributed by atoms with Crippen LogP contribution in [0.1, 0.15) is 90.9 Å². The summed E-state index contributed by atoms with van der Waals surface area (Å²) in [5, 5.41) is 16.5. The van der Waals surface area contributed by atoms with E-state index >= 15 is 0 Å². The summed E-state index contributed by atoms with van der Waals surface area (Å²) in [5.41, 5.74) is 0. The zero-order valence-electron chi connectivity index (χ0n) is 13.5. The third kappa shape index (κ3) is 32.7. The summed E-state index contributed by atoms with van der Waals surface area (Å²) in [6, 6.07) is 0. The van der Waals surface area contributed by atoms with Crippen LogP contribution in [-0.4, -0.2) is 22.2 Å². The van der Waals surface area contributed by atoms with E-state index in [0.29, 0.717) is 12.8 Å². The number of carbonyl (C=O) groups is 2. The van der Waals surface area contributed by atoms with Gasteiger partial charge in [0, 0.05) is 29.6 Å². The van der Waals surface area contributed by atoms with Gasteiger partial charge in [0.25, 0.3) is 0 Å². The predicted molar refractivity (Wildman–Crippen MR) is 82.0 cm³/mol. The second-order valence-corrected chi connectivity index (χ2v) is 5.12. The first-order valence-electron chi connectivity index (χ1n) is 7.98. The van der Waals surface area contributed by atoms with Gasteiger partial charge in [-0.2, -0.15) is 0 Å². The summed E-state index contributed by atoms with van der Waals surface area (Å²) in [4.78, 5) is 20.1. The van der Waals surface area contributed by atoms with Gasteiger partial charge >= 0.3 is 11.9 Å². The molecule has 129 valence electrons. The van der Waals surface area contributed by atoms with Crippen molar-refractivity contribution < 1.29 is 36.6 Å². The van der Waals surface area contributed by atoms with Gasteiger partial charge in [0.2, 0.25) is 0 Å². The van der Waals surface area contributed by atoms with Crippen LogP contribution in [0.15, 0.2) is 0 Å². The van der Waals surface area contributed by atoms with E-state index in [1.165, 1.54) is 38.5 Å². The molecule has 0 aromatic heterocycles. The fraction of sp³-hybridized carbons (Fsp3) is 0.875. The number of aliphatic carboxylic acids is 2. The minimum absolute atomic E-state index is 0. The van der Waals surface area contributed by atoms with E-state index in [9.17, 15) is 9.59 Å². The molecule has 0 saturated carbocycles. The standard InChI is InChI=1S/2C8H16O2.Co/c2*1-2-3-4-5-6-7-8(9)10;/h2*2-7H2,1H3,(H,9,10);. The van der Waals surface area contributed by atoms with Crippen LogP contribution in [0.2, 0.25) is 0 Å². The fourth-order valence-corrected chi connectivity index (χ4v) is 1.76. The molecule has 0 aliphatic carbocycles. The maximum absolute atomic E-state index is 10.0. The summed E-state index contributed by atoms with van der Waals surface area (Å²) in [6.45, 7) is 4.30. The molecular formula is C16H32CoO4. The Bertz CT molecular complexity index is 208. The van der Waals surface area contributed by atoms with Gasteiger partial charge in [0.1, 0.15) is 0 Å². The van der Waals surface area contributed by atoms with Gasteiger partial charge < -0.3 is 10.2 Å². The van der Waals surface area contributed by atoms with Gasteiger partial charge in [-0.05, 0) is 12.8 Å². The monoisotopic (exact) mass is 347 g/mol. The molecule has 2 N–H and O–H groups in total. The van der Waals surface area contributed by atoms with E-state index in [-0.39, 0.29) is 16.8 Å². The molecule has 0 heterocycles. The molecule has 0 fully saturated rings. The second kappa shape index (κ2) is 21.7. The van der Waals surface area contributed by atoms with Crippen LogP contribution in [0, 0.1) is 0 Å². The molecule has 0 atom stereocenters. The van der Waals surface area contributed by atoms with Crippen molar-refractivity contribution in [2.75, 3.05) is 0 Å². The van der Waals surface area contributed by atoms with Gasteiger partial charge in [-0.15, -0.1) is 0 Å². The van der Waals surface area contributed by atoms with E-state index in [1.54, 1.807) is 0 Å². The Balaban J connectivity index is -0.000000295. The Labute approximate surface area is 139 Å². The zero-order chi connectivity index (χ0) is 15.6. The minimum atomic E-state index is -0.670. The summed E-state index contributed by atoms with van der Waals surface area (Å²) in [5.74, 6) is -1.34. The van der Waals surface area contributed by atoms with Crippen molar-refractivity contribution in [2.45, 2.75) is 90.9 Å². The number of hydrogen-bond donors (Lipinski definition) is 2. The van der Waals surface area contributed by atoms with Crippen LogP contribution >= 0.6 is 0 Å². The quantitative estimate of drug-likeness (QED) is 0.494. The Hall–Kier alpha value is -0.554. The molecule has 4 nitrogen and oxygen atoms in total. The Morgan fingerprint density at radius 1 is 0.619 bits per heavy atom. The van der Waals surface area contributed by atoms with E-state index in [0.717, 1.165) is 25.7 Å². The Morgan fingerprint density at radius 3 is 1.14 bits per heavy atom. The van der Waals surface area contributed by atoms with Crippen LogP contribution in [0.4, 0.5) is 0 Å². The van der Waals surface area contributed by atoms with E-state index in [4.69, 9.17) is 10.2 Å². The SMILES string of the molecule is CCCCCCCC(=O)O.CCCCCCCC(=O)O.[Co]. The first-order chi connectivity index (χ1) is 9.54. The summed E-state index contributed by atoms with van der Waals surface area (Å²) in [7, 11) is 0. The second-order valence-electron chi connectivity index (χ2n) is 5.12. The molecule has 0 aromatic carbocycles. The molecule has 0 amide bonds. The molecular weight excluding hydrogens is 315 g/mol. The molecule has 21 heavy (non-hydrogen) atoms. The van der Waals surface area contributed by atoms with E-state index in [2.05, 4.69) is 13.8 Å². The van der Waals surface area contributed by atoms with Crippen molar-refractivity contribution in [1.82, 2.24) is 0 Å². The molecule has 1 radical (unpaired) electrons. The average molecular weight is 347 g/mol. The Morgan fingerprint density at radius 2 is 0.905 bits per heavy atom. The van der Waals surface area contributed by atoms with Crippen molar-refractivity contribution in [3.63, 3.8) is 0 Å². The first-order valence-corrected chi connectivity index (χ1v) is 7.98. The van der Waals surface area contributed by atoms with Crippen LogP contribution in [-0.2, 0) is 26.4 Å². The third-order valence-electron chi connectivity index (χ3n) is 2.99. The van der Waals surface area contributed by atoms with E-state index < -0.39 is 11.9 Å². The first kappa shape index (κ1) is 25.4. The van der Waals surface area contributed by atoms with Gasteiger partial charge in [0.15, 0.2) is 0 Å². The van der Waals surface area contributed by atoms with Crippen LogP contribution in [0.25, 0.3) is 0 Å². The topological polar surface area (TPSA) is 74.6 Å².